The number of likely N-dealkylation sites (N-methyl/N-ethyl adjacent to an activating group) is 1. The van der Waals surface area contributed by atoms with Crippen molar-refractivity contribution in [2.45, 2.75) is 19.4 Å². The van der Waals surface area contributed by atoms with Crippen molar-refractivity contribution in [3.05, 3.63) is 60.1 Å². The predicted octanol–water partition coefficient (Wildman–Crippen LogP) is 2.37. The van der Waals surface area contributed by atoms with E-state index in [2.05, 4.69) is 0 Å². The molecular weight excluding hydrogens is 252 g/mol. The Kier molecular flexibility index (Phi) is 4.96. The van der Waals surface area contributed by atoms with Crippen LogP contribution in [0.1, 0.15) is 24.2 Å². The highest BCUT2D eigenvalue weighted by Gasteiger charge is 2.24. The summed E-state index contributed by atoms with van der Waals surface area (Å²) >= 11 is 0. The summed E-state index contributed by atoms with van der Waals surface area (Å²) in [6, 6.07) is 13.4. The van der Waals surface area contributed by atoms with E-state index in [0.717, 1.165) is 11.3 Å². The zero-order valence-electron chi connectivity index (χ0n) is 11.7. The lowest BCUT2D eigenvalue weighted by molar-refractivity contribution is -0.133. The fourth-order valence-corrected chi connectivity index (χ4v) is 2.22. The third kappa shape index (κ3) is 3.27. The molecule has 0 bridgehead atoms. The molecule has 0 aliphatic rings. The van der Waals surface area contributed by atoms with E-state index < -0.39 is 0 Å². The number of carbonyl (C=O) groups is 1. The summed E-state index contributed by atoms with van der Waals surface area (Å²) in [5.74, 6) is 0.521. The Morgan fingerprint density at radius 2 is 2.00 bits per heavy atom. The highest BCUT2D eigenvalue weighted by Crippen LogP contribution is 2.18. The van der Waals surface area contributed by atoms with E-state index in [0.29, 0.717) is 19.6 Å². The summed E-state index contributed by atoms with van der Waals surface area (Å²) in [7, 11) is 0. The van der Waals surface area contributed by atoms with Gasteiger partial charge in [0.05, 0.1) is 18.7 Å². The van der Waals surface area contributed by atoms with Crippen molar-refractivity contribution in [1.29, 1.82) is 0 Å². The first-order valence-electron chi connectivity index (χ1n) is 6.82. The number of hydrogen-bond donors (Lipinski definition) is 1. The largest absolute Gasteiger partial charge is 0.467 e. The Balaban J connectivity index is 2.14. The van der Waals surface area contributed by atoms with Crippen molar-refractivity contribution >= 4 is 5.91 Å². The molecular formula is C16H20N2O2. The van der Waals surface area contributed by atoms with Gasteiger partial charge in [0, 0.05) is 13.1 Å². The quantitative estimate of drug-likeness (QED) is 0.878. The van der Waals surface area contributed by atoms with Crippen molar-refractivity contribution < 1.29 is 9.21 Å². The Morgan fingerprint density at radius 3 is 2.55 bits per heavy atom. The van der Waals surface area contributed by atoms with E-state index >= 15 is 0 Å². The molecule has 2 rings (SSSR count). The van der Waals surface area contributed by atoms with Gasteiger partial charge in [-0.25, -0.2) is 0 Å². The lowest BCUT2D eigenvalue weighted by Crippen LogP contribution is -2.37. The number of nitrogens with two attached hydrogens (primary N) is 1. The molecule has 4 heteroatoms. The fourth-order valence-electron chi connectivity index (χ4n) is 2.22. The van der Waals surface area contributed by atoms with E-state index in [1.807, 2.05) is 49.4 Å². The molecule has 0 spiro atoms. The summed E-state index contributed by atoms with van der Waals surface area (Å²) in [4.78, 5) is 14.4. The molecule has 0 saturated heterocycles. The molecule has 0 aliphatic carbocycles. The molecule has 0 aliphatic heterocycles. The zero-order valence-corrected chi connectivity index (χ0v) is 11.7. The fraction of sp³-hybridized carbons (Fsp3) is 0.312. The van der Waals surface area contributed by atoms with Crippen LogP contribution in [0.2, 0.25) is 0 Å². The second-order valence-corrected chi connectivity index (χ2v) is 4.63. The Bertz CT molecular complexity index is 523. The van der Waals surface area contributed by atoms with E-state index in [9.17, 15) is 4.79 Å². The van der Waals surface area contributed by atoms with Gasteiger partial charge in [0.15, 0.2) is 0 Å². The monoisotopic (exact) mass is 272 g/mol. The van der Waals surface area contributed by atoms with Crippen LogP contribution in [-0.2, 0) is 11.3 Å². The first-order valence-corrected chi connectivity index (χ1v) is 6.82. The van der Waals surface area contributed by atoms with Crippen molar-refractivity contribution in [2.75, 3.05) is 13.1 Å². The van der Waals surface area contributed by atoms with Gasteiger partial charge in [0.1, 0.15) is 5.76 Å². The molecule has 0 saturated carbocycles. The van der Waals surface area contributed by atoms with Crippen LogP contribution in [0.5, 0.6) is 0 Å². The number of carbonyl (C=O) groups excluding carboxylic acids is 1. The Labute approximate surface area is 119 Å². The van der Waals surface area contributed by atoms with Crippen LogP contribution in [0.25, 0.3) is 0 Å². The van der Waals surface area contributed by atoms with Crippen LogP contribution in [-0.4, -0.2) is 23.9 Å². The first kappa shape index (κ1) is 14.3. The molecule has 1 aromatic heterocycles. The van der Waals surface area contributed by atoms with E-state index in [1.165, 1.54) is 0 Å². The maximum Gasteiger partial charge on any atom is 0.231 e. The number of amides is 1. The molecule has 0 radical (unpaired) electrons. The summed E-state index contributed by atoms with van der Waals surface area (Å²) in [5.41, 5.74) is 6.76. The minimum absolute atomic E-state index is 0.0394. The van der Waals surface area contributed by atoms with Gasteiger partial charge in [-0.2, -0.15) is 0 Å². The standard InChI is InChI=1S/C16H20N2O2/c1-2-18(12-14-9-6-10-20-14)16(19)15(11-17)13-7-4-3-5-8-13/h3-10,15H,2,11-12,17H2,1H3. The van der Waals surface area contributed by atoms with Crippen LogP contribution >= 0.6 is 0 Å². The van der Waals surface area contributed by atoms with Crippen LogP contribution < -0.4 is 5.73 Å². The lowest BCUT2D eigenvalue weighted by atomic mass is 9.97. The van der Waals surface area contributed by atoms with Gasteiger partial charge in [-0.05, 0) is 24.6 Å². The molecule has 1 atom stereocenters. The van der Waals surface area contributed by atoms with Crippen molar-refractivity contribution in [1.82, 2.24) is 4.90 Å². The number of furan rings is 1. The SMILES string of the molecule is CCN(Cc1ccco1)C(=O)C(CN)c1ccccc1. The average molecular weight is 272 g/mol. The number of nitrogens with zero attached hydrogens (tertiary/aromatic N) is 1. The summed E-state index contributed by atoms with van der Waals surface area (Å²) in [6.07, 6.45) is 1.62. The van der Waals surface area contributed by atoms with Gasteiger partial charge in [0.2, 0.25) is 5.91 Å². The zero-order chi connectivity index (χ0) is 14.4. The predicted molar refractivity (Wildman–Crippen MR) is 78.0 cm³/mol. The molecule has 2 N–H and O–H groups in total. The number of hydrogen-bond acceptors (Lipinski definition) is 3. The van der Waals surface area contributed by atoms with Gasteiger partial charge in [0.25, 0.3) is 0 Å². The molecule has 106 valence electrons. The highest BCUT2D eigenvalue weighted by molar-refractivity contribution is 5.84. The number of benzene rings is 1. The topological polar surface area (TPSA) is 59.5 Å². The Hall–Kier alpha value is -2.07. The molecule has 1 heterocycles. The smallest absolute Gasteiger partial charge is 0.231 e. The first-order chi connectivity index (χ1) is 9.76. The van der Waals surface area contributed by atoms with E-state index in [1.54, 1.807) is 11.2 Å². The van der Waals surface area contributed by atoms with Crippen LogP contribution in [0.15, 0.2) is 53.1 Å². The molecule has 0 fully saturated rings. The molecule has 4 nitrogen and oxygen atoms in total. The minimum Gasteiger partial charge on any atom is -0.467 e. The summed E-state index contributed by atoms with van der Waals surface area (Å²) in [6.45, 7) is 3.37. The summed E-state index contributed by atoms with van der Waals surface area (Å²) in [5, 5.41) is 0. The Morgan fingerprint density at radius 1 is 1.25 bits per heavy atom. The van der Waals surface area contributed by atoms with Crippen LogP contribution in [0.3, 0.4) is 0 Å². The van der Waals surface area contributed by atoms with Crippen LogP contribution in [0, 0.1) is 0 Å². The second-order valence-electron chi connectivity index (χ2n) is 4.63. The maximum absolute atomic E-state index is 12.6. The minimum atomic E-state index is -0.300. The maximum atomic E-state index is 12.6. The second kappa shape index (κ2) is 6.91. The highest BCUT2D eigenvalue weighted by atomic mass is 16.3. The third-order valence-corrected chi connectivity index (χ3v) is 3.36. The van der Waals surface area contributed by atoms with Crippen molar-refractivity contribution in [3.8, 4) is 0 Å². The molecule has 1 amide bonds. The lowest BCUT2D eigenvalue weighted by Gasteiger charge is -2.25. The van der Waals surface area contributed by atoms with Crippen molar-refractivity contribution in [2.24, 2.45) is 5.73 Å². The molecule has 20 heavy (non-hydrogen) atoms. The van der Waals surface area contributed by atoms with Gasteiger partial charge >= 0.3 is 0 Å². The van der Waals surface area contributed by atoms with Crippen molar-refractivity contribution in [3.63, 3.8) is 0 Å². The average Bonchev–Trinajstić information content (AvgIpc) is 2.99. The van der Waals surface area contributed by atoms with Gasteiger partial charge in [-0.3, -0.25) is 4.79 Å². The van der Waals surface area contributed by atoms with Gasteiger partial charge in [-0.15, -0.1) is 0 Å². The van der Waals surface area contributed by atoms with E-state index in [-0.39, 0.29) is 11.8 Å². The number of rotatable bonds is 6. The molecule has 1 unspecified atom stereocenters. The van der Waals surface area contributed by atoms with Gasteiger partial charge < -0.3 is 15.1 Å². The van der Waals surface area contributed by atoms with Gasteiger partial charge in [-0.1, -0.05) is 30.3 Å². The molecule has 2 aromatic rings. The van der Waals surface area contributed by atoms with Crippen LogP contribution in [0.4, 0.5) is 0 Å². The normalized spacial score (nSPS) is 12.1. The third-order valence-electron chi connectivity index (χ3n) is 3.36. The van der Waals surface area contributed by atoms with E-state index in [4.69, 9.17) is 10.2 Å². The summed E-state index contributed by atoms with van der Waals surface area (Å²) < 4.78 is 5.31. The molecule has 1 aromatic carbocycles.